The van der Waals surface area contributed by atoms with E-state index in [4.69, 9.17) is 16.3 Å². The van der Waals surface area contributed by atoms with Crippen molar-refractivity contribution in [2.45, 2.75) is 13.5 Å². The zero-order valence-electron chi connectivity index (χ0n) is 10.4. The lowest BCUT2D eigenvalue weighted by molar-refractivity contribution is 0.468. The van der Waals surface area contributed by atoms with Crippen molar-refractivity contribution < 1.29 is 4.74 Å². The highest BCUT2D eigenvalue weighted by Gasteiger charge is 2.10. The molecule has 1 heterocycles. The van der Waals surface area contributed by atoms with E-state index >= 15 is 0 Å². The van der Waals surface area contributed by atoms with Crippen LogP contribution in [0.3, 0.4) is 0 Å². The van der Waals surface area contributed by atoms with E-state index in [1.54, 1.807) is 6.20 Å². The molecule has 1 N–H and O–H groups in total. The summed E-state index contributed by atoms with van der Waals surface area (Å²) in [5, 5.41) is 3.70. The van der Waals surface area contributed by atoms with Crippen LogP contribution in [0.4, 0.5) is 0 Å². The molecule has 0 aliphatic carbocycles. The van der Waals surface area contributed by atoms with Crippen LogP contribution in [0.2, 0.25) is 5.02 Å². The Morgan fingerprint density at radius 2 is 2.11 bits per heavy atom. The highest BCUT2D eigenvalue weighted by molar-refractivity contribution is 6.32. The van der Waals surface area contributed by atoms with Gasteiger partial charge in [0.1, 0.15) is 5.75 Å². The van der Waals surface area contributed by atoms with Crippen LogP contribution in [0.25, 0.3) is 0 Å². The zero-order valence-corrected chi connectivity index (χ0v) is 11.2. The molecule has 0 radical (unpaired) electrons. The van der Waals surface area contributed by atoms with E-state index in [2.05, 4.69) is 10.3 Å². The molecule has 4 heteroatoms. The predicted molar refractivity (Wildman–Crippen MR) is 73.3 cm³/mol. The van der Waals surface area contributed by atoms with E-state index in [1.807, 2.05) is 44.3 Å². The van der Waals surface area contributed by atoms with E-state index in [-0.39, 0.29) is 0 Å². The Bertz CT molecular complexity index is 543. The van der Waals surface area contributed by atoms with Crippen molar-refractivity contribution in [3.8, 4) is 11.5 Å². The second-order valence-electron chi connectivity index (χ2n) is 3.95. The second-order valence-corrected chi connectivity index (χ2v) is 4.35. The van der Waals surface area contributed by atoms with Gasteiger partial charge in [-0.2, -0.15) is 0 Å². The number of nitrogens with zero attached hydrogens (tertiary/aromatic N) is 1. The van der Waals surface area contributed by atoms with Gasteiger partial charge in [0.2, 0.25) is 0 Å². The molecule has 1 aromatic carbocycles. The molecule has 0 aliphatic rings. The number of pyridine rings is 1. The highest BCUT2D eigenvalue weighted by Crippen LogP contribution is 2.33. The number of nitrogens with one attached hydrogen (secondary N) is 1. The Morgan fingerprint density at radius 1 is 1.28 bits per heavy atom. The number of halogens is 1. The predicted octanol–water partition coefficient (Wildman–Crippen LogP) is 3.56. The van der Waals surface area contributed by atoms with Gasteiger partial charge in [-0.3, -0.25) is 4.98 Å². The lowest BCUT2D eigenvalue weighted by Crippen LogP contribution is -2.06. The van der Waals surface area contributed by atoms with Crippen LogP contribution >= 0.6 is 11.6 Å². The monoisotopic (exact) mass is 262 g/mol. The third-order valence-electron chi connectivity index (χ3n) is 2.59. The average molecular weight is 263 g/mol. The normalized spacial score (nSPS) is 10.4. The number of aryl methyl sites for hydroxylation is 1. The fourth-order valence-corrected chi connectivity index (χ4v) is 1.92. The van der Waals surface area contributed by atoms with E-state index in [0.717, 1.165) is 17.0 Å². The molecule has 1 aromatic heterocycles. The summed E-state index contributed by atoms with van der Waals surface area (Å²) in [6.45, 7) is 2.61. The number of hydrogen-bond donors (Lipinski definition) is 1. The lowest BCUT2D eigenvalue weighted by atomic mass is 10.2. The number of para-hydroxylation sites is 1. The van der Waals surface area contributed by atoms with Crippen LogP contribution in [0.15, 0.2) is 36.5 Å². The van der Waals surface area contributed by atoms with Gasteiger partial charge in [0.05, 0.1) is 10.7 Å². The van der Waals surface area contributed by atoms with Gasteiger partial charge in [-0.05, 0) is 32.2 Å². The van der Waals surface area contributed by atoms with Crippen LogP contribution in [0.1, 0.15) is 11.3 Å². The summed E-state index contributed by atoms with van der Waals surface area (Å²) < 4.78 is 5.89. The molecule has 0 atom stereocenters. The summed E-state index contributed by atoms with van der Waals surface area (Å²) in [5.74, 6) is 1.41. The summed E-state index contributed by atoms with van der Waals surface area (Å²) in [6.07, 6.45) is 1.74. The van der Waals surface area contributed by atoms with Gasteiger partial charge < -0.3 is 10.1 Å². The maximum atomic E-state index is 6.19. The maximum Gasteiger partial charge on any atom is 0.150 e. The van der Waals surface area contributed by atoms with Crippen LogP contribution in [0, 0.1) is 6.92 Å². The first-order valence-corrected chi connectivity index (χ1v) is 6.11. The molecular weight excluding hydrogens is 248 g/mol. The molecular formula is C14H15ClN2O. The van der Waals surface area contributed by atoms with Crippen molar-refractivity contribution in [3.63, 3.8) is 0 Å². The van der Waals surface area contributed by atoms with Crippen LogP contribution in [0.5, 0.6) is 11.5 Å². The molecule has 0 fully saturated rings. The molecule has 0 unspecified atom stereocenters. The number of rotatable bonds is 4. The fourth-order valence-electron chi connectivity index (χ4n) is 1.68. The van der Waals surface area contributed by atoms with Gasteiger partial charge >= 0.3 is 0 Å². The smallest absolute Gasteiger partial charge is 0.150 e. The number of ether oxygens (including phenoxy) is 1. The topological polar surface area (TPSA) is 34.1 Å². The maximum absolute atomic E-state index is 6.19. The van der Waals surface area contributed by atoms with Gasteiger partial charge in [-0.15, -0.1) is 0 Å². The largest absolute Gasteiger partial charge is 0.454 e. The molecule has 18 heavy (non-hydrogen) atoms. The standard InChI is InChI=1S/C14H15ClN2O/c1-10-13(7-4-8-17-10)18-14-11(9-16-2)5-3-6-12(14)15/h3-8,16H,9H2,1-2H3. The van der Waals surface area contributed by atoms with E-state index < -0.39 is 0 Å². The first-order chi connectivity index (χ1) is 8.72. The van der Waals surface area contributed by atoms with Gasteiger partial charge in [0.25, 0.3) is 0 Å². The van der Waals surface area contributed by atoms with Crippen LogP contribution < -0.4 is 10.1 Å². The summed E-state index contributed by atoms with van der Waals surface area (Å²) in [4.78, 5) is 4.20. The summed E-state index contributed by atoms with van der Waals surface area (Å²) in [5.41, 5.74) is 1.86. The molecule has 0 spiro atoms. The third-order valence-corrected chi connectivity index (χ3v) is 2.88. The summed E-state index contributed by atoms with van der Waals surface area (Å²) in [7, 11) is 1.89. The molecule has 94 valence electrons. The number of aromatic nitrogens is 1. The van der Waals surface area contributed by atoms with Crippen molar-refractivity contribution in [3.05, 3.63) is 52.8 Å². The van der Waals surface area contributed by atoms with Gasteiger partial charge in [0.15, 0.2) is 5.75 Å². The van der Waals surface area contributed by atoms with Crippen molar-refractivity contribution in [2.24, 2.45) is 0 Å². The van der Waals surface area contributed by atoms with E-state index in [1.165, 1.54) is 0 Å². The summed E-state index contributed by atoms with van der Waals surface area (Å²) >= 11 is 6.19. The highest BCUT2D eigenvalue weighted by atomic mass is 35.5. The minimum absolute atomic E-state index is 0.603. The Kier molecular flexibility index (Phi) is 4.18. The van der Waals surface area contributed by atoms with Crippen LogP contribution in [-0.2, 0) is 6.54 Å². The first-order valence-electron chi connectivity index (χ1n) is 5.74. The molecule has 2 aromatic rings. The molecule has 0 saturated carbocycles. The van der Waals surface area contributed by atoms with Crippen LogP contribution in [-0.4, -0.2) is 12.0 Å². The minimum atomic E-state index is 0.603. The third kappa shape index (κ3) is 2.81. The van der Waals surface area contributed by atoms with Gasteiger partial charge in [0, 0.05) is 18.3 Å². The molecule has 0 amide bonds. The van der Waals surface area contributed by atoms with Gasteiger partial charge in [-0.25, -0.2) is 0 Å². The summed E-state index contributed by atoms with van der Waals surface area (Å²) in [6, 6.07) is 9.45. The van der Waals surface area contributed by atoms with Crippen molar-refractivity contribution in [1.29, 1.82) is 0 Å². The first kappa shape index (κ1) is 12.9. The Balaban J connectivity index is 2.36. The molecule has 0 saturated heterocycles. The number of benzene rings is 1. The van der Waals surface area contributed by atoms with Crippen molar-refractivity contribution >= 4 is 11.6 Å². The quantitative estimate of drug-likeness (QED) is 0.915. The lowest BCUT2D eigenvalue weighted by Gasteiger charge is -2.13. The molecule has 0 bridgehead atoms. The average Bonchev–Trinajstić information content (AvgIpc) is 2.36. The van der Waals surface area contributed by atoms with Gasteiger partial charge in [-0.1, -0.05) is 23.7 Å². The molecule has 3 nitrogen and oxygen atoms in total. The second kappa shape index (κ2) is 5.85. The zero-order chi connectivity index (χ0) is 13.0. The van der Waals surface area contributed by atoms with Crippen molar-refractivity contribution in [1.82, 2.24) is 10.3 Å². The minimum Gasteiger partial charge on any atom is -0.454 e. The van der Waals surface area contributed by atoms with E-state index in [9.17, 15) is 0 Å². The number of hydrogen-bond acceptors (Lipinski definition) is 3. The van der Waals surface area contributed by atoms with E-state index in [0.29, 0.717) is 17.3 Å². The molecule has 2 rings (SSSR count). The Hall–Kier alpha value is -1.58. The van der Waals surface area contributed by atoms with Crippen molar-refractivity contribution in [2.75, 3.05) is 7.05 Å². The molecule has 0 aliphatic heterocycles. The Labute approximate surface area is 112 Å². The fraction of sp³-hybridized carbons (Fsp3) is 0.214. The SMILES string of the molecule is CNCc1cccc(Cl)c1Oc1cccnc1C. The Morgan fingerprint density at radius 3 is 2.83 bits per heavy atom.